The van der Waals surface area contributed by atoms with Crippen molar-refractivity contribution < 1.29 is 0 Å². The molecular weight excluding hydrogens is 274 g/mol. The molecule has 0 aliphatic heterocycles. The lowest BCUT2D eigenvalue weighted by atomic mass is 9.88. The van der Waals surface area contributed by atoms with Crippen LogP contribution in [0.3, 0.4) is 0 Å². The summed E-state index contributed by atoms with van der Waals surface area (Å²) in [6, 6.07) is 4.15. The monoisotopic (exact) mass is 295 g/mol. The molecule has 2 heterocycles. The maximum absolute atomic E-state index is 9.31. The van der Waals surface area contributed by atoms with Gasteiger partial charge in [-0.3, -0.25) is 15.0 Å². The number of nitrogens with zero attached hydrogens (tertiary/aromatic N) is 4. The maximum Gasteiger partial charge on any atom is 0.101 e. The highest BCUT2D eigenvalue weighted by atomic mass is 14.9. The molecule has 0 amide bonds. The quantitative estimate of drug-likeness (QED) is 0.938. The number of aromatic nitrogens is 3. The molecule has 0 bridgehead atoms. The Bertz CT molecular complexity index is 678. The first kappa shape index (κ1) is 16.1. The second-order valence-corrected chi connectivity index (χ2v) is 6.35. The van der Waals surface area contributed by atoms with Crippen molar-refractivity contribution in [1.82, 2.24) is 20.3 Å². The van der Waals surface area contributed by atoms with Crippen LogP contribution in [0.4, 0.5) is 0 Å². The molecule has 2 aromatic rings. The van der Waals surface area contributed by atoms with Gasteiger partial charge < -0.3 is 5.32 Å². The lowest BCUT2D eigenvalue weighted by molar-refractivity contribution is 0.565. The molecule has 5 nitrogen and oxygen atoms in total. The minimum atomic E-state index is -0.130. The van der Waals surface area contributed by atoms with Crippen molar-refractivity contribution in [3.05, 3.63) is 52.9 Å². The zero-order chi connectivity index (χ0) is 16.2. The molecule has 0 radical (unpaired) electrons. The number of pyridine rings is 1. The van der Waals surface area contributed by atoms with Crippen LogP contribution in [0.15, 0.2) is 24.7 Å². The van der Waals surface area contributed by atoms with Gasteiger partial charge in [-0.25, -0.2) is 0 Å². The molecule has 0 unspecified atom stereocenters. The highest BCUT2D eigenvalue weighted by Gasteiger charge is 2.19. The van der Waals surface area contributed by atoms with E-state index in [1.165, 1.54) is 0 Å². The molecule has 0 aromatic carbocycles. The Morgan fingerprint density at radius 2 is 1.86 bits per heavy atom. The van der Waals surface area contributed by atoms with Crippen LogP contribution in [0.25, 0.3) is 0 Å². The summed E-state index contributed by atoms with van der Waals surface area (Å²) in [5, 5.41) is 12.6. The standard InChI is InChI=1S/C17H21N5/c1-12-7-21-15(11-20-12)10-19-8-13-5-14(6-18)16(22-9-13)17(2,3)4/h5,7,9,11,19H,8,10H2,1-4H3. The minimum Gasteiger partial charge on any atom is -0.307 e. The topological polar surface area (TPSA) is 74.5 Å². The summed E-state index contributed by atoms with van der Waals surface area (Å²) >= 11 is 0. The SMILES string of the molecule is Cc1cnc(CNCc2cnc(C(C)(C)C)c(C#N)c2)cn1. The van der Waals surface area contributed by atoms with E-state index >= 15 is 0 Å². The van der Waals surface area contributed by atoms with Crippen molar-refractivity contribution in [2.75, 3.05) is 0 Å². The number of nitriles is 1. The van der Waals surface area contributed by atoms with Gasteiger partial charge in [0.2, 0.25) is 0 Å². The summed E-state index contributed by atoms with van der Waals surface area (Å²) in [4.78, 5) is 13.0. The predicted octanol–water partition coefficient (Wildman–Crippen LogP) is 2.64. The summed E-state index contributed by atoms with van der Waals surface area (Å²) in [6.45, 7) is 9.37. The van der Waals surface area contributed by atoms with E-state index in [1.807, 2.05) is 19.2 Å². The molecule has 0 aliphatic rings. The zero-order valence-electron chi connectivity index (χ0n) is 13.5. The summed E-state index contributed by atoms with van der Waals surface area (Å²) < 4.78 is 0. The second kappa shape index (κ2) is 6.63. The van der Waals surface area contributed by atoms with Gasteiger partial charge in [0, 0.05) is 37.1 Å². The Labute approximate surface area is 131 Å². The van der Waals surface area contributed by atoms with Gasteiger partial charge >= 0.3 is 0 Å². The van der Waals surface area contributed by atoms with Crippen molar-refractivity contribution in [3.8, 4) is 6.07 Å². The van der Waals surface area contributed by atoms with Gasteiger partial charge in [-0.1, -0.05) is 20.8 Å². The molecule has 2 aromatic heterocycles. The second-order valence-electron chi connectivity index (χ2n) is 6.35. The first-order valence-corrected chi connectivity index (χ1v) is 7.28. The summed E-state index contributed by atoms with van der Waals surface area (Å²) in [5.41, 5.74) is 4.14. The highest BCUT2D eigenvalue weighted by Crippen LogP contribution is 2.23. The molecule has 0 fully saturated rings. The van der Waals surface area contributed by atoms with Crippen LogP contribution < -0.4 is 5.32 Å². The summed E-state index contributed by atoms with van der Waals surface area (Å²) in [6.07, 6.45) is 5.35. The lowest BCUT2D eigenvalue weighted by Crippen LogP contribution is -2.18. The van der Waals surface area contributed by atoms with Gasteiger partial charge in [0.25, 0.3) is 0 Å². The average Bonchev–Trinajstić information content (AvgIpc) is 2.48. The van der Waals surface area contributed by atoms with Gasteiger partial charge in [0.05, 0.1) is 22.6 Å². The summed E-state index contributed by atoms with van der Waals surface area (Å²) in [7, 11) is 0. The number of hydrogen-bond acceptors (Lipinski definition) is 5. The molecular formula is C17H21N5. The first-order chi connectivity index (χ1) is 10.4. The molecule has 0 saturated heterocycles. The third kappa shape index (κ3) is 4.09. The van der Waals surface area contributed by atoms with Crippen LogP contribution in [0, 0.1) is 18.3 Å². The number of aryl methyl sites for hydroxylation is 1. The smallest absolute Gasteiger partial charge is 0.101 e. The fraction of sp³-hybridized carbons (Fsp3) is 0.412. The van der Waals surface area contributed by atoms with Gasteiger partial charge in [0.15, 0.2) is 0 Å². The Balaban J connectivity index is 2.02. The van der Waals surface area contributed by atoms with Gasteiger partial charge in [-0.15, -0.1) is 0 Å². The van der Waals surface area contributed by atoms with Crippen LogP contribution in [0.1, 0.15) is 49.0 Å². The number of hydrogen-bond donors (Lipinski definition) is 1. The molecule has 0 saturated carbocycles. The molecule has 5 heteroatoms. The summed E-state index contributed by atoms with van der Waals surface area (Å²) in [5.74, 6) is 0. The van der Waals surface area contributed by atoms with E-state index in [0.29, 0.717) is 18.7 Å². The van der Waals surface area contributed by atoms with Gasteiger partial charge in [-0.05, 0) is 18.6 Å². The molecule has 0 atom stereocenters. The van der Waals surface area contributed by atoms with E-state index in [0.717, 1.165) is 22.6 Å². The van der Waals surface area contributed by atoms with Crippen molar-refractivity contribution in [2.45, 2.75) is 46.2 Å². The normalized spacial score (nSPS) is 11.2. The van der Waals surface area contributed by atoms with Gasteiger partial charge in [-0.2, -0.15) is 5.26 Å². The number of nitrogens with one attached hydrogen (secondary N) is 1. The van der Waals surface area contributed by atoms with E-state index in [4.69, 9.17) is 0 Å². The van der Waals surface area contributed by atoms with Crippen molar-refractivity contribution >= 4 is 0 Å². The molecule has 114 valence electrons. The van der Waals surface area contributed by atoms with E-state index in [-0.39, 0.29) is 5.41 Å². The van der Waals surface area contributed by atoms with E-state index < -0.39 is 0 Å². The minimum absolute atomic E-state index is 0.130. The van der Waals surface area contributed by atoms with Crippen LogP contribution >= 0.6 is 0 Å². The molecule has 0 spiro atoms. The van der Waals surface area contributed by atoms with E-state index in [1.54, 1.807) is 12.4 Å². The van der Waals surface area contributed by atoms with Crippen molar-refractivity contribution in [2.24, 2.45) is 0 Å². The zero-order valence-corrected chi connectivity index (χ0v) is 13.5. The lowest BCUT2D eigenvalue weighted by Gasteiger charge is -2.19. The largest absolute Gasteiger partial charge is 0.307 e. The van der Waals surface area contributed by atoms with E-state index in [2.05, 4.69) is 47.1 Å². The average molecular weight is 295 g/mol. The third-order valence-electron chi connectivity index (χ3n) is 3.24. The van der Waals surface area contributed by atoms with Crippen molar-refractivity contribution in [1.29, 1.82) is 5.26 Å². The number of rotatable bonds is 4. The fourth-order valence-electron chi connectivity index (χ4n) is 2.13. The molecule has 22 heavy (non-hydrogen) atoms. The maximum atomic E-state index is 9.31. The Morgan fingerprint density at radius 1 is 1.09 bits per heavy atom. The van der Waals surface area contributed by atoms with Gasteiger partial charge in [0.1, 0.15) is 6.07 Å². The van der Waals surface area contributed by atoms with Crippen LogP contribution in [0.5, 0.6) is 0 Å². The van der Waals surface area contributed by atoms with Crippen LogP contribution in [-0.4, -0.2) is 15.0 Å². The molecule has 0 aliphatic carbocycles. The Morgan fingerprint density at radius 3 is 2.45 bits per heavy atom. The Kier molecular flexibility index (Phi) is 4.84. The van der Waals surface area contributed by atoms with Crippen molar-refractivity contribution in [3.63, 3.8) is 0 Å². The Hall–Kier alpha value is -2.32. The van der Waals surface area contributed by atoms with E-state index in [9.17, 15) is 5.26 Å². The predicted molar refractivity (Wildman–Crippen MR) is 85.0 cm³/mol. The highest BCUT2D eigenvalue weighted by molar-refractivity contribution is 5.39. The molecule has 2 rings (SSSR count). The fourth-order valence-corrected chi connectivity index (χ4v) is 2.13. The molecule has 1 N–H and O–H groups in total. The first-order valence-electron chi connectivity index (χ1n) is 7.28. The van der Waals surface area contributed by atoms with Crippen LogP contribution in [-0.2, 0) is 18.5 Å². The third-order valence-corrected chi connectivity index (χ3v) is 3.24. The van der Waals surface area contributed by atoms with Crippen LogP contribution in [0.2, 0.25) is 0 Å².